The summed E-state index contributed by atoms with van der Waals surface area (Å²) in [6, 6.07) is 13.0. The average molecular weight is 403 g/mol. The summed E-state index contributed by atoms with van der Waals surface area (Å²) in [5.74, 6) is 1.30. The molecule has 3 N–H and O–H groups in total. The second kappa shape index (κ2) is 6.91. The molecule has 3 heterocycles. The van der Waals surface area contributed by atoms with Crippen LogP contribution in [0, 0.1) is 0 Å². The van der Waals surface area contributed by atoms with Gasteiger partial charge in [0.25, 0.3) is 5.91 Å². The number of nitrogens with one attached hydrogen (secondary N) is 1. The van der Waals surface area contributed by atoms with Crippen molar-refractivity contribution in [1.29, 1.82) is 0 Å². The SMILES string of the molecule is CC[C@H](C)NC(=O)c1c(N)n(-c2ccc3c(c2)OCO3)c2nc3ccccc3nc12. The van der Waals surface area contributed by atoms with E-state index in [9.17, 15) is 4.79 Å². The van der Waals surface area contributed by atoms with Gasteiger partial charge in [-0.05, 0) is 37.6 Å². The summed E-state index contributed by atoms with van der Waals surface area (Å²) in [7, 11) is 0. The molecule has 4 aromatic rings. The lowest BCUT2D eigenvalue weighted by Crippen LogP contribution is -2.32. The fourth-order valence-corrected chi connectivity index (χ4v) is 3.57. The van der Waals surface area contributed by atoms with Crippen LogP contribution in [0.4, 0.5) is 5.82 Å². The normalized spacial score (nSPS) is 13.7. The van der Waals surface area contributed by atoms with E-state index in [2.05, 4.69) is 5.32 Å². The molecular weight excluding hydrogens is 382 g/mol. The fraction of sp³-hybridized carbons (Fsp3) is 0.227. The van der Waals surface area contributed by atoms with Crippen LogP contribution >= 0.6 is 0 Å². The Balaban J connectivity index is 1.78. The molecule has 0 saturated heterocycles. The number of nitrogens with two attached hydrogens (primary N) is 1. The molecule has 5 rings (SSSR count). The molecule has 1 aliphatic heterocycles. The van der Waals surface area contributed by atoms with E-state index >= 15 is 0 Å². The minimum absolute atomic E-state index is 0.00857. The number of nitrogens with zero attached hydrogens (tertiary/aromatic N) is 3. The summed E-state index contributed by atoms with van der Waals surface area (Å²) in [5, 5.41) is 2.99. The number of rotatable bonds is 4. The summed E-state index contributed by atoms with van der Waals surface area (Å²) < 4.78 is 12.7. The second-order valence-electron chi connectivity index (χ2n) is 7.30. The van der Waals surface area contributed by atoms with Gasteiger partial charge in [-0.3, -0.25) is 9.36 Å². The molecule has 0 radical (unpaired) electrons. The van der Waals surface area contributed by atoms with Crippen LogP contribution in [0.15, 0.2) is 42.5 Å². The maximum absolute atomic E-state index is 13.1. The van der Waals surface area contributed by atoms with Gasteiger partial charge in [0, 0.05) is 12.1 Å². The fourth-order valence-electron chi connectivity index (χ4n) is 3.57. The summed E-state index contributed by atoms with van der Waals surface area (Å²) in [6.07, 6.45) is 0.807. The molecule has 0 bridgehead atoms. The van der Waals surface area contributed by atoms with Crippen molar-refractivity contribution in [1.82, 2.24) is 19.9 Å². The first-order valence-corrected chi connectivity index (χ1v) is 9.84. The number of amides is 1. The van der Waals surface area contributed by atoms with E-state index in [1.807, 2.05) is 56.3 Å². The number of para-hydroxylation sites is 2. The molecule has 0 aliphatic carbocycles. The average Bonchev–Trinajstić information content (AvgIpc) is 3.32. The Morgan fingerprint density at radius 2 is 1.90 bits per heavy atom. The number of ether oxygens (including phenoxy) is 2. The van der Waals surface area contributed by atoms with Crippen molar-refractivity contribution in [2.45, 2.75) is 26.3 Å². The molecule has 0 unspecified atom stereocenters. The van der Waals surface area contributed by atoms with Gasteiger partial charge in [-0.1, -0.05) is 19.1 Å². The van der Waals surface area contributed by atoms with E-state index in [1.165, 1.54) is 0 Å². The molecule has 0 saturated carbocycles. The Hall–Kier alpha value is -3.81. The number of hydrogen-bond acceptors (Lipinski definition) is 6. The topological polar surface area (TPSA) is 104 Å². The van der Waals surface area contributed by atoms with E-state index in [-0.39, 0.29) is 24.6 Å². The number of fused-ring (bicyclic) bond motifs is 3. The Labute approximate surface area is 172 Å². The van der Waals surface area contributed by atoms with Gasteiger partial charge in [-0.15, -0.1) is 0 Å². The van der Waals surface area contributed by atoms with Crippen molar-refractivity contribution < 1.29 is 14.3 Å². The summed E-state index contributed by atoms with van der Waals surface area (Å²) >= 11 is 0. The zero-order chi connectivity index (χ0) is 20.8. The minimum Gasteiger partial charge on any atom is -0.454 e. The number of carbonyl (C=O) groups excluding carboxylic acids is 1. The molecule has 2 aromatic heterocycles. The lowest BCUT2D eigenvalue weighted by atomic mass is 10.2. The molecule has 0 spiro atoms. The molecule has 0 fully saturated rings. The van der Waals surface area contributed by atoms with Crippen LogP contribution in [0.5, 0.6) is 11.5 Å². The first-order valence-electron chi connectivity index (χ1n) is 9.84. The Morgan fingerprint density at radius 1 is 1.17 bits per heavy atom. The molecule has 152 valence electrons. The quantitative estimate of drug-likeness (QED) is 0.541. The zero-order valence-corrected chi connectivity index (χ0v) is 16.7. The Bertz CT molecular complexity index is 1300. The number of anilines is 1. The number of hydrogen-bond donors (Lipinski definition) is 2. The number of benzene rings is 2. The van der Waals surface area contributed by atoms with Crippen LogP contribution in [0.25, 0.3) is 27.9 Å². The monoisotopic (exact) mass is 403 g/mol. The number of aromatic nitrogens is 3. The highest BCUT2D eigenvalue weighted by molar-refractivity contribution is 6.11. The molecule has 2 aromatic carbocycles. The zero-order valence-electron chi connectivity index (χ0n) is 16.7. The lowest BCUT2D eigenvalue weighted by Gasteiger charge is -2.12. The molecule has 1 atom stereocenters. The summed E-state index contributed by atoms with van der Waals surface area (Å²) in [4.78, 5) is 22.6. The third-order valence-electron chi connectivity index (χ3n) is 5.33. The largest absolute Gasteiger partial charge is 0.454 e. The van der Waals surface area contributed by atoms with Crippen molar-refractivity contribution in [2.75, 3.05) is 12.5 Å². The molecular formula is C22H21N5O3. The van der Waals surface area contributed by atoms with Gasteiger partial charge < -0.3 is 20.5 Å². The molecule has 30 heavy (non-hydrogen) atoms. The van der Waals surface area contributed by atoms with Gasteiger partial charge >= 0.3 is 0 Å². The van der Waals surface area contributed by atoms with Gasteiger partial charge in [0.2, 0.25) is 6.79 Å². The van der Waals surface area contributed by atoms with Crippen molar-refractivity contribution >= 4 is 33.9 Å². The smallest absolute Gasteiger partial charge is 0.257 e. The Morgan fingerprint density at radius 3 is 2.67 bits per heavy atom. The molecule has 8 nitrogen and oxygen atoms in total. The number of carbonyl (C=O) groups is 1. The maximum atomic E-state index is 13.1. The van der Waals surface area contributed by atoms with E-state index in [4.69, 9.17) is 25.2 Å². The molecule has 1 aliphatic rings. The highest BCUT2D eigenvalue weighted by Gasteiger charge is 2.26. The molecule has 8 heteroatoms. The van der Waals surface area contributed by atoms with Crippen LogP contribution in [0.2, 0.25) is 0 Å². The predicted molar refractivity (Wildman–Crippen MR) is 114 cm³/mol. The van der Waals surface area contributed by atoms with Crippen LogP contribution < -0.4 is 20.5 Å². The van der Waals surface area contributed by atoms with Crippen LogP contribution in [-0.4, -0.2) is 33.3 Å². The highest BCUT2D eigenvalue weighted by atomic mass is 16.7. The lowest BCUT2D eigenvalue weighted by molar-refractivity contribution is 0.0941. The van der Waals surface area contributed by atoms with Crippen molar-refractivity contribution in [3.05, 3.63) is 48.0 Å². The second-order valence-corrected chi connectivity index (χ2v) is 7.30. The van der Waals surface area contributed by atoms with Gasteiger partial charge in [0.1, 0.15) is 16.9 Å². The summed E-state index contributed by atoms with van der Waals surface area (Å²) in [6.45, 7) is 4.14. The highest BCUT2D eigenvalue weighted by Crippen LogP contribution is 2.37. The first-order chi connectivity index (χ1) is 14.6. The third kappa shape index (κ3) is 2.80. The standard InChI is InChI=1S/C22H21N5O3/c1-3-12(2)24-22(28)18-19-21(26-15-7-5-4-6-14(15)25-19)27(20(18)23)13-8-9-16-17(10-13)30-11-29-16/h4-10,12H,3,11,23H2,1-2H3,(H,24,28)/t12-/m0/s1. The van der Waals surface area contributed by atoms with E-state index in [0.29, 0.717) is 39.4 Å². The van der Waals surface area contributed by atoms with E-state index < -0.39 is 0 Å². The summed E-state index contributed by atoms with van der Waals surface area (Å²) in [5.41, 5.74) is 9.96. The first kappa shape index (κ1) is 18.2. The van der Waals surface area contributed by atoms with Crippen LogP contribution in [-0.2, 0) is 0 Å². The van der Waals surface area contributed by atoms with Crippen LogP contribution in [0.3, 0.4) is 0 Å². The minimum atomic E-state index is -0.268. The van der Waals surface area contributed by atoms with E-state index in [0.717, 1.165) is 11.9 Å². The third-order valence-corrected chi connectivity index (χ3v) is 5.33. The van der Waals surface area contributed by atoms with Gasteiger partial charge in [-0.25, -0.2) is 9.97 Å². The number of nitrogen functional groups attached to an aromatic ring is 1. The van der Waals surface area contributed by atoms with Gasteiger partial charge in [-0.2, -0.15) is 0 Å². The maximum Gasteiger partial charge on any atom is 0.257 e. The van der Waals surface area contributed by atoms with Crippen molar-refractivity contribution in [3.8, 4) is 17.2 Å². The predicted octanol–water partition coefficient (Wildman–Crippen LogP) is 3.41. The van der Waals surface area contributed by atoms with Crippen molar-refractivity contribution in [2.24, 2.45) is 0 Å². The van der Waals surface area contributed by atoms with Gasteiger partial charge in [0.05, 0.1) is 16.7 Å². The van der Waals surface area contributed by atoms with Crippen LogP contribution in [0.1, 0.15) is 30.6 Å². The Kier molecular flexibility index (Phi) is 4.20. The van der Waals surface area contributed by atoms with Crippen molar-refractivity contribution in [3.63, 3.8) is 0 Å². The van der Waals surface area contributed by atoms with Gasteiger partial charge in [0.15, 0.2) is 17.1 Å². The van der Waals surface area contributed by atoms with E-state index in [1.54, 1.807) is 4.57 Å². The molecule has 1 amide bonds.